The number of rotatable bonds is 5. The maximum absolute atomic E-state index is 11.7. The van der Waals surface area contributed by atoms with Crippen molar-refractivity contribution in [3.63, 3.8) is 0 Å². The zero-order chi connectivity index (χ0) is 14.4. The first kappa shape index (κ1) is 14.9. The molecule has 0 aromatic heterocycles. The molecule has 0 spiro atoms. The number of benzene rings is 1. The van der Waals surface area contributed by atoms with E-state index in [1.807, 2.05) is 31.2 Å². The Morgan fingerprint density at radius 2 is 1.95 bits per heavy atom. The number of hydrogen-bond acceptors (Lipinski definition) is 2. The third kappa shape index (κ3) is 3.99. The molecule has 0 bridgehead atoms. The molecule has 2 atom stereocenters. The van der Waals surface area contributed by atoms with Crippen LogP contribution in [-0.4, -0.2) is 18.5 Å². The van der Waals surface area contributed by atoms with Gasteiger partial charge in [0.1, 0.15) is 0 Å². The minimum Gasteiger partial charge on any atom is -0.382 e. The monoisotopic (exact) mass is 274 g/mol. The van der Waals surface area contributed by atoms with E-state index in [0.717, 1.165) is 17.2 Å². The summed E-state index contributed by atoms with van der Waals surface area (Å²) in [4.78, 5) is 11.7. The summed E-state index contributed by atoms with van der Waals surface area (Å²) in [7, 11) is 0. The number of amides is 1. The second-order valence-electron chi connectivity index (χ2n) is 5.72. The molecule has 1 aromatic carbocycles. The highest BCUT2D eigenvalue weighted by molar-refractivity contribution is 5.94. The molecule has 3 heteroatoms. The van der Waals surface area contributed by atoms with E-state index in [1.54, 1.807) is 0 Å². The molecule has 1 aliphatic carbocycles. The van der Waals surface area contributed by atoms with Crippen molar-refractivity contribution < 1.29 is 4.79 Å². The Morgan fingerprint density at radius 1 is 1.20 bits per heavy atom. The first-order valence-electron chi connectivity index (χ1n) is 7.87. The van der Waals surface area contributed by atoms with Crippen molar-refractivity contribution in [2.75, 3.05) is 11.9 Å². The minimum atomic E-state index is 0.00256. The molecule has 0 aliphatic heterocycles. The SMILES string of the molecule is CCNC(=O)c1ccc(NC2CCCC(CC)C2)cc1. The number of nitrogens with one attached hydrogen (secondary N) is 2. The van der Waals surface area contributed by atoms with E-state index >= 15 is 0 Å². The van der Waals surface area contributed by atoms with Crippen LogP contribution in [0.4, 0.5) is 5.69 Å². The average Bonchev–Trinajstić information content (AvgIpc) is 2.48. The Bertz CT molecular complexity index is 427. The Balaban J connectivity index is 1.91. The molecule has 2 unspecified atom stereocenters. The summed E-state index contributed by atoms with van der Waals surface area (Å²) in [6.45, 7) is 4.88. The van der Waals surface area contributed by atoms with E-state index in [4.69, 9.17) is 0 Å². The van der Waals surface area contributed by atoms with Gasteiger partial charge in [0.2, 0.25) is 0 Å². The van der Waals surface area contributed by atoms with Crippen molar-refractivity contribution in [2.45, 2.75) is 52.0 Å². The van der Waals surface area contributed by atoms with E-state index in [-0.39, 0.29) is 5.91 Å². The van der Waals surface area contributed by atoms with E-state index in [0.29, 0.717) is 12.6 Å². The summed E-state index contributed by atoms with van der Waals surface area (Å²) in [5.74, 6) is 0.874. The van der Waals surface area contributed by atoms with Crippen LogP contribution in [0.2, 0.25) is 0 Å². The van der Waals surface area contributed by atoms with Crippen LogP contribution in [0.3, 0.4) is 0 Å². The van der Waals surface area contributed by atoms with Crippen molar-refractivity contribution in [1.29, 1.82) is 0 Å². The van der Waals surface area contributed by atoms with Gasteiger partial charge in [-0.25, -0.2) is 0 Å². The molecule has 1 fully saturated rings. The highest BCUT2D eigenvalue weighted by atomic mass is 16.1. The predicted octanol–water partition coefficient (Wildman–Crippen LogP) is 3.82. The van der Waals surface area contributed by atoms with Gasteiger partial charge in [0.15, 0.2) is 0 Å². The summed E-state index contributed by atoms with van der Waals surface area (Å²) >= 11 is 0. The van der Waals surface area contributed by atoms with Gasteiger partial charge in [0.25, 0.3) is 5.91 Å². The highest BCUT2D eigenvalue weighted by Crippen LogP contribution is 2.28. The second kappa shape index (κ2) is 7.32. The third-order valence-corrected chi connectivity index (χ3v) is 4.22. The van der Waals surface area contributed by atoms with E-state index in [9.17, 15) is 4.79 Å². The lowest BCUT2D eigenvalue weighted by Gasteiger charge is -2.29. The van der Waals surface area contributed by atoms with Crippen LogP contribution in [0, 0.1) is 5.92 Å². The van der Waals surface area contributed by atoms with Crippen LogP contribution in [0.15, 0.2) is 24.3 Å². The fourth-order valence-corrected chi connectivity index (χ4v) is 3.01. The smallest absolute Gasteiger partial charge is 0.251 e. The summed E-state index contributed by atoms with van der Waals surface area (Å²) in [6.07, 6.45) is 6.52. The summed E-state index contributed by atoms with van der Waals surface area (Å²) < 4.78 is 0. The van der Waals surface area contributed by atoms with E-state index in [1.165, 1.54) is 32.1 Å². The molecule has 1 aliphatic rings. The highest BCUT2D eigenvalue weighted by Gasteiger charge is 2.20. The first-order valence-corrected chi connectivity index (χ1v) is 7.87. The quantitative estimate of drug-likeness (QED) is 0.857. The average molecular weight is 274 g/mol. The Kier molecular flexibility index (Phi) is 5.45. The Hall–Kier alpha value is -1.51. The van der Waals surface area contributed by atoms with Crippen molar-refractivity contribution in [3.05, 3.63) is 29.8 Å². The van der Waals surface area contributed by atoms with Crippen LogP contribution in [0.25, 0.3) is 0 Å². The molecule has 2 N–H and O–H groups in total. The Labute approximate surface area is 122 Å². The molecular weight excluding hydrogens is 248 g/mol. The zero-order valence-corrected chi connectivity index (χ0v) is 12.6. The summed E-state index contributed by atoms with van der Waals surface area (Å²) in [5.41, 5.74) is 1.85. The van der Waals surface area contributed by atoms with E-state index < -0.39 is 0 Å². The van der Waals surface area contributed by atoms with Crippen LogP contribution in [0.5, 0.6) is 0 Å². The van der Waals surface area contributed by atoms with Crippen LogP contribution in [0.1, 0.15) is 56.3 Å². The van der Waals surface area contributed by atoms with Gasteiger partial charge in [-0.1, -0.05) is 26.2 Å². The molecule has 2 rings (SSSR count). The van der Waals surface area contributed by atoms with Crippen molar-refractivity contribution in [2.24, 2.45) is 5.92 Å². The van der Waals surface area contributed by atoms with Gasteiger partial charge in [0.05, 0.1) is 0 Å². The maximum Gasteiger partial charge on any atom is 0.251 e. The first-order chi connectivity index (χ1) is 9.72. The summed E-state index contributed by atoms with van der Waals surface area (Å²) in [6, 6.07) is 8.41. The van der Waals surface area contributed by atoms with Crippen molar-refractivity contribution >= 4 is 11.6 Å². The molecular formula is C17H26N2O. The molecule has 1 saturated carbocycles. The molecule has 110 valence electrons. The van der Waals surface area contributed by atoms with Gasteiger partial charge < -0.3 is 10.6 Å². The van der Waals surface area contributed by atoms with Crippen LogP contribution >= 0.6 is 0 Å². The lowest BCUT2D eigenvalue weighted by molar-refractivity contribution is 0.0956. The molecule has 1 amide bonds. The standard InChI is InChI=1S/C17H26N2O/c1-3-13-6-5-7-16(12-13)19-15-10-8-14(9-11-15)17(20)18-4-2/h8-11,13,16,19H,3-7,12H2,1-2H3,(H,18,20). The number of anilines is 1. The normalized spacial score (nSPS) is 22.3. The zero-order valence-electron chi connectivity index (χ0n) is 12.6. The second-order valence-corrected chi connectivity index (χ2v) is 5.72. The topological polar surface area (TPSA) is 41.1 Å². The van der Waals surface area contributed by atoms with Gasteiger partial charge in [-0.3, -0.25) is 4.79 Å². The van der Waals surface area contributed by atoms with Gasteiger partial charge >= 0.3 is 0 Å². The Morgan fingerprint density at radius 3 is 2.60 bits per heavy atom. The molecule has 0 radical (unpaired) electrons. The molecule has 20 heavy (non-hydrogen) atoms. The fraction of sp³-hybridized carbons (Fsp3) is 0.588. The number of carbonyl (C=O) groups excluding carboxylic acids is 1. The van der Waals surface area contributed by atoms with Gasteiger partial charge in [0, 0.05) is 23.8 Å². The van der Waals surface area contributed by atoms with Gasteiger partial charge in [-0.15, -0.1) is 0 Å². The van der Waals surface area contributed by atoms with Gasteiger partial charge in [-0.05, 0) is 49.9 Å². The summed E-state index contributed by atoms with van der Waals surface area (Å²) in [5, 5.41) is 6.43. The number of carbonyl (C=O) groups is 1. The minimum absolute atomic E-state index is 0.00256. The fourth-order valence-electron chi connectivity index (χ4n) is 3.01. The van der Waals surface area contributed by atoms with Crippen LogP contribution in [-0.2, 0) is 0 Å². The van der Waals surface area contributed by atoms with E-state index in [2.05, 4.69) is 17.6 Å². The molecule has 0 heterocycles. The molecule has 0 saturated heterocycles. The predicted molar refractivity (Wildman–Crippen MR) is 84.1 cm³/mol. The maximum atomic E-state index is 11.7. The van der Waals surface area contributed by atoms with Crippen LogP contribution < -0.4 is 10.6 Å². The lowest BCUT2D eigenvalue weighted by atomic mass is 9.84. The number of hydrogen-bond donors (Lipinski definition) is 2. The lowest BCUT2D eigenvalue weighted by Crippen LogP contribution is -2.27. The largest absolute Gasteiger partial charge is 0.382 e. The van der Waals surface area contributed by atoms with Crippen molar-refractivity contribution in [1.82, 2.24) is 5.32 Å². The van der Waals surface area contributed by atoms with Crippen molar-refractivity contribution in [3.8, 4) is 0 Å². The molecule has 1 aromatic rings. The third-order valence-electron chi connectivity index (χ3n) is 4.22. The van der Waals surface area contributed by atoms with Gasteiger partial charge in [-0.2, -0.15) is 0 Å². The molecule has 3 nitrogen and oxygen atoms in total.